The summed E-state index contributed by atoms with van der Waals surface area (Å²) < 4.78 is 0. The summed E-state index contributed by atoms with van der Waals surface area (Å²) in [6.45, 7) is 1.44. The van der Waals surface area contributed by atoms with Crippen LogP contribution in [-0.2, 0) is 0 Å². The summed E-state index contributed by atoms with van der Waals surface area (Å²) in [4.78, 5) is 17.0. The van der Waals surface area contributed by atoms with E-state index in [1.54, 1.807) is 24.8 Å². The molecule has 0 aliphatic rings. The average Bonchev–Trinajstić information content (AvgIpc) is 2.61. The van der Waals surface area contributed by atoms with Gasteiger partial charge in [0.15, 0.2) is 0 Å². The van der Waals surface area contributed by atoms with Crippen LogP contribution in [0.4, 0.5) is 11.8 Å². The van der Waals surface area contributed by atoms with Gasteiger partial charge < -0.3 is 10.6 Å². The molecular weight excluding hydrogens is 276 g/mol. The Morgan fingerprint density at radius 2 is 1.77 bits per heavy atom. The van der Waals surface area contributed by atoms with Gasteiger partial charge in [0.1, 0.15) is 5.82 Å². The molecule has 0 amide bonds. The molecule has 0 unspecified atom stereocenters. The molecule has 0 fully saturated rings. The summed E-state index contributed by atoms with van der Waals surface area (Å²) in [6, 6.07) is 11.5. The van der Waals surface area contributed by atoms with E-state index in [9.17, 15) is 0 Å². The highest BCUT2D eigenvalue weighted by Crippen LogP contribution is 2.15. The number of aromatic nitrogens is 4. The van der Waals surface area contributed by atoms with Crippen LogP contribution in [-0.4, -0.2) is 33.0 Å². The third-order valence-corrected chi connectivity index (χ3v) is 2.99. The molecule has 0 saturated carbocycles. The van der Waals surface area contributed by atoms with Crippen LogP contribution in [0.3, 0.4) is 0 Å². The van der Waals surface area contributed by atoms with Crippen molar-refractivity contribution in [2.24, 2.45) is 0 Å². The van der Waals surface area contributed by atoms with E-state index in [-0.39, 0.29) is 0 Å². The van der Waals surface area contributed by atoms with Crippen LogP contribution in [0.5, 0.6) is 0 Å². The van der Waals surface area contributed by atoms with Crippen molar-refractivity contribution in [2.45, 2.75) is 0 Å². The molecule has 0 aliphatic carbocycles. The first-order chi connectivity index (χ1) is 10.9. The molecule has 6 heteroatoms. The molecule has 0 bridgehead atoms. The van der Waals surface area contributed by atoms with E-state index in [4.69, 9.17) is 0 Å². The molecule has 2 N–H and O–H groups in total. The van der Waals surface area contributed by atoms with E-state index >= 15 is 0 Å². The quantitative estimate of drug-likeness (QED) is 0.680. The van der Waals surface area contributed by atoms with Crippen molar-refractivity contribution >= 4 is 11.8 Å². The lowest BCUT2D eigenvalue weighted by Crippen LogP contribution is -2.15. The number of pyridine rings is 2. The van der Waals surface area contributed by atoms with Gasteiger partial charge in [-0.2, -0.15) is 0 Å². The van der Waals surface area contributed by atoms with Gasteiger partial charge in [-0.3, -0.25) is 4.98 Å². The molecule has 0 saturated heterocycles. The second-order valence-corrected chi connectivity index (χ2v) is 4.58. The Morgan fingerprint density at radius 1 is 0.818 bits per heavy atom. The summed E-state index contributed by atoms with van der Waals surface area (Å²) in [5.74, 6) is 1.46. The number of rotatable bonds is 6. The van der Waals surface area contributed by atoms with Crippen LogP contribution in [0.1, 0.15) is 0 Å². The second-order valence-electron chi connectivity index (χ2n) is 4.58. The fraction of sp³-hybridized carbons (Fsp3) is 0.125. The number of nitrogens with zero attached hydrogens (tertiary/aromatic N) is 4. The van der Waals surface area contributed by atoms with E-state index in [0.29, 0.717) is 12.5 Å². The van der Waals surface area contributed by atoms with Gasteiger partial charge >= 0.3 is 0 Å². The molecule has 3 heterocycles. The fourth-order valence-corrected chi connectivity index (χ4v) is 1.95. The zero-order valence-electron chi connectivity index (χ0n) is 12.0. The maximum absolute atomic E-state index is 4.48. The Bertz CT molecular complexity index is 702. The highest BCUT2D eigenvalue weighted by atomic mass is 15.1. The van der Waals surface area contributed by atoms with Crippen molar-refractivity contribution in [3.05, 3.63) is 61.2 Å². The molecule has 0 aromatic carbocycles. The van der Waals surface area contributed by atoms with E-state index in [2.05, 4.69) is 30.6 Å². The number of nitrogens with one attached hydrogen (secondary N) is 2. The van der Waals surface area contributed by atoms with E-state index in [1.807, 2.05) is 36.4 Å². The topological polar surface area (TPSA) is 75.6 Å². The minimum atomic E-state index is 0.601. The normalized spacial score (nSPS) is 10.2. The Morgan fingerprint density at radius 3 is 2.59 bits per heavy atom. The van der Waals surface area contributed by atoms with Gasteiger partial charge in [0.2, 0.25) is 5.95 Å². The third-order valence-electron chi connectivity index (χ3n) is 2.99. The summed E-state index contributed by atoms with van der Waals surface area (Å²) in [6.07, 6.45) is 7.03. The Labute approximate surface area is 128 Å². The van der Waals surface area contributed by atoms with E-state index < -0.39 is 0 Å². The van der Waals surface area contributed by atoms with Gasteiger partial charge in [0.25, 0.3) is 0 Å². The lowest BCUT2D eigenvalue weighted by Gasteiger charge is -2.08. The van der Waals surface area contributed by atoms with Gasteiger partial charge in [0, 0.05) is 43.4 Å². The van der Waals surface area contributed by atoms with E-state index in [0.717, 1.165) is 23.6 Å². The summed E-state index contributed by atoms with van der Waals surface area (Å²) in [7, 11) is 0. The predicted molar refractivity (Wildman–Crippen MR) is 86.5 cm³/mol. The molecule has 6 nitrogen and oxygen atoms in total. The van der Waals surface area contributed by atoms with Crippen LogP contribution < -0.4 is 10.6 Å². The first-order valence-electron chi connectivity index (χ1n) is 7.04. The van der Waals surface area contributed by atoms with Gasteiger partial charge in [-0.15, -0.1) is 0 Å². The molecule has 22 heavy (non-hydrogen) atoms. The smallest absolute Gasteiger partial charge is 0.223 e. The van der Waals surface area contributed by atoms with Crippen LogP contribution in [0.25, 0.3) is 11.3 Å². The number of hydrogen-bond acceptors (Lipinski definition) is 6. The highest BCUT2D eigenvalue weighted by molar-refractivity contribution is 5.58. The molecule has 0 atom stereocenters. The van der Waals surface area contributed by atoms with Crippen molar-refractivity contribution < 1.29 is 0 Å². The van der Waals surface area contributed by atoms with Crippen LogP contribution >= 0.6 is 0 Å². The third kappa shape index (κ3) is 3.76. The molecule has 3 rings (SSSR count). The molecule has 0 aliphatic heterocycles. The minimum Gasteiger partial charge on any atom is -0.368 e. The average molecular weight is 292 g/mol. The van der Waals surface area contributed by atoms with Crippen molar-refractivity contribution in [3.63, 3.8) is 0 Å². The summed E-state index contributed by atoms with van der Waals surface area (Å²) in [5.41, 5.74) is 1.82. The van der Waals surface area contributed by atoms with Crippen LogP contribution in [0, 0.1) is 0 Å². The van der Waals surface area contributed by atoms with E-state index in [1.165, 1.54) is 0 Å². The highest BCUT2D eigenvalue weighted by Gasteiger charge is 2.01. The summed E-state index contributed by atoms with van der Waals surface area (Å²) in [5, 5.41) is 6.41. The van der Waals surface area contributed by atoms with Crippen molar-refractivity contribution in [3.8, 4) is 11.3 Å². The standard InChI is InChI=1S/C16H16N6/c1-2-8-18-15(5-1)19-10-11-21-16-20-9-6-14(22-16)13-4-3-7-17-12-13/h1-9,12H,10-11H2,(H,18,19)(H,20,21,22). The first kappa shape index (κ1) is 13.9. The molecule has 0 spiro atoms. The first-order valence-corrected chi connectivity index (χ1v) is 7.04. The monoisotopic (exact) mass is 292 g/mol. The predicted octanol–water partition coefficient (Wildman–Crippen LogP) is 2.46. The SMILES string of the molecule is c1ccc(NCCNc2nccc(-c3cccnc3)n2)nc1. The summed E-state index contributed by atoms with van der Waals surface area (Å²) >= 11 is 0. The van der Waals surface area contributed by atoms with Crippen molar-refractivity contribution in [1.29, 1.82) is 0 Å². The van der Waals surface area contributed by atoms with Crippen molar-refractivity contribution in [2.75, 3.05) is 23.7 Å². The zero-order valence-corrected chi connectivity index (χ0v) is 12.0. The zero-order chi connectivity index (χ0) is 15.0. The van der Waals surface area contributed by atoms with Crippen molar-refractivity contribution in [1.82, 2.24) is 19.9 Å². The van der Waals surface area contributed by atoms with Gasteiger partial charge in [-0.25, -0.2) is 15.0 Å². The maximum Gasteiger partial charge on any atom is 0.223 e. The van der Waals surface area contributed by atoms with Gasteiger partial charge in [-0.1, -0.05) is 6.07 Å². The Balaban J connectivity index is 1.55. The lowest BCUT2D eigenvalue weighted by atomic mass is 10.2. The van der Waals surface area contributed by atoms with Gasteiger partial charge in [-0.05, 0) is 30.3 Å². The fourth-order valence-electron chi connectivity index (χ4n) is 1.95. The second kappa shape index (κ2) is 7.12. The maximum atomic E-state index is 4.48. The molecule has 3 aromatic heterocycles. The number of hydrogen-bond donors (Lipinski definition) is 2. The molecular formula is C16H16N6. The van der Waals surface area contributed by atoms with Crippen LogP contribution in [0.15, 0.2) is 61.2 Å². The largest absolute Gasteiger partial charge is 0.368 e. The Kier molecular flexibility index (Phi) is 4.51. The molecule has 0 radical (unpaired) electrons. The van der Waals surface area contributed by atoms with Gasteiger partial charge in [0.05, 0.1) is 5.69 Å². The number of anilines is 2. The Hall–Kier alpha value is -3.02. The molecule has 3 aromatic rings. The van der Waals surface area contributed by atoms with Crippen LogP contribution in [0.2, 0.25) is 0 Å². The molecule has 110 valence electrons. The minimum absolute atomic E-state index is 0.601. The lowest BCUT2D eigenvalue weighted by molar-refractivity contribution is 1.02.